The van der Waals surface area contributed by atoms with Gasteiger partial charge in [-0.3, -0.25) is 0 Å². The summed E-state index contributed by atoms with van der Waals surface area (Å²) < 4.78 is 2.14. The molecule has 1 aromatic carbocycles. The number of aromatic nitrogens is 2. The molecule has 1 N–H and O–H groups in total. The van der Waals surface area contributed by atoms with E-state index in [0.717, 1.165) is 34.0 Å². The van der Waals surface area contributed by atoms with E-state index in [1.165, 1.54) is 0 Å². The van der Waals surface area contributed by atoms with Crippen molar-refractivity contribution in [2.45, 2.75) is 33.2 Å². The summed E-state index contributed by atoms with van der Waals surface area (Å²) >= 11 is 6.19. The van der Waals surface area contributed by atoms with Crippen molar-refractivity contribution in [1.29, 1.82) is 0 Å². The van der Waals surface area contributed by atoms with Gasteiger partial charge in [-0.1, -0.05) is 18.5 Å². The smallest absolute Gasteiger partial charge is 0.129 e. The molecule has 1 aromatic heterocycles. The lowest BCUT2D eigenvalue weighted by Crippen LogP contribution is -2.38. The van der Waals surface area contributed by atoms with Gasteiger partial charge in [-0.25, -0.2) is 4.98 Å². The highest BCUT2D eigenvalue weighted by atomic mass is 35.5. The molecule has 2 aromatic rings. The van der Waals surface area contributed by atoms with Crippen LogP contribution >= 0.6 is 11.6 Å². The number of aryl methyl sites for hydroxylation is 2. The maximum atomic E-state index is 6.19. The minimum atomic E-state index is -0.151. The first-order chi connectivity index (χ1) is 8.38. The van der Waals surface area contributed by atoms with E-state index in [2.05, 4.69) is 30.7 Å². The summed E-state index contributed by atoms with van der Waals surface area (Å²) in [5.41, 5.74) is 3.05. The van der Waals surface area contributed by atoms with E-state index in [1.807, 2.05) is 26.1 Å². The second kappa shape index (κ2) is 4.56. The fourth-order valence-corrected chi connectivity index (χ4v) is 2.70. The lowest BCUT2D eigenvalue weighted by molar-refractivity contribution is 0.382. The SMILES string of the molecule is CCNC(C)(C)c1nc2ccc(Cl)c(C)c2n1C. The quantitative estimate of drug-likeness (QED) is 0.922. The molecule has 0 radical (unpaired) electrons. The number of nitrogens with zero attached hydrogens (tertiary/aromatic N) is 2. The van der Waals surface area contributed by atoms with Crippen molar-refractivity contribution < 1.29 is 0 Å². The number of halogens is 1. The van der Waals surface area contributed by atoms with Crippen molar-refractivity contribution in [2.75, 3.05) is 6.54 Å². The highest BCUT2D eigenvalue weighted by Gasteiger charge is 2.26. The van der Waals surface area contributed by atoms with Gasteiger partial charge >= 0.3 is 0 Å². The first-order valence-corrected chi connectivity index (χ1v) is 6.63. The van der Waals surface area contributed by atoms with Crippen LogP contribution in [0.2, 0.25) is 5.02 Å². The number of benzene rings is 1. The topological polar surface area (TPSA) is 29.9 Å². The molecule has 0 aliphatic carbocycles. The third kappa shape index (κ3) is 2.02. The van der Waals surface area contributed by atoms with Gasteiger partial charge < -0.3 is 9.88 Å². The molecule has 1 heterocycles. The minimum Gasteiger partial charge on any atom is -0.329 e. The van der Waals surface area contributed by atoms with Crippen LogP contribution in [0.5, 0.6) is 0 Å². The Morgan fingerprint density at radius 2 is 2.06 bits per heavy atom. The standard InChI is InChI=1S/C14H20ClN3/c1-6-16-14(3,4)13-17-11-8-7-10(15)9(2)12(11)18(13)5/h7-8,16H,6H2,1-5H3. The number of rotatable bonds is 3. The van der Waals surface area contributed by atoms with Gasteiger partial charge in [0.1, 0.15) is 5.82 Å². The second-order valence-corrected chi connectivity index (χ2v) is 5.60. The molecule has 98 valence electrons. The molecule has 0 amide bonds. The third-order valence-corrected chi connectivity index (χ3v) is 3.81. The lowest BCUT2D eigenvalue weighted by atomic mass is 10.0. The molecule has 0 unspecified atom stereocenters. The molecule has 18 heavy (non-hydrogen) atoms. The molecule has 0 atom stereocenters. The zero-order chi connectivity index (χ0) is 13.5. The van der Waals surface area contributed by atoms with E-state index in [9.17, 15) is 0 Å². The van der Waals surface area contributed by atoms with Crippen LogP contribution in [-0.4, -0.2) is 16.1 Å². The Morgan fingerprint density at radius 1 is 1.39 bits per heavy atom. The molecule has 2 rings (SSSR count). The average molecular weight is 266 g/mol. The number of hydrogen-bond acceptors (Lipinski definition) is 2. The van der Waals surface area contributed by atoms with Gasteiger partial charge in [-0.15, -0.1) is 0 Å². The predicted octanol–water partition coefficient (Wildman–Crippen LogP) is 3.38. The van der Waals surface area contributed by atoms with E-state index >= 15 is 0 Å². The molecule has 0 spiro atoms. The normalized spacial score (nSPS) is 12.3. The van der Waals surface area contributed by atoms with Gasteiger partial charge in [0.05, 0.1) is 16.6 Å². The Balaban J connectivity index is 2.69. The number of nitrogens with one attached hydrogen (secondary N) is 1. The highest BCUT2D eigenvalue weighted by molar-refractivity contribution is 6.32. The Morgan fingerprint density at radius 3 is 2.67 bits per heavy atom. The predicted molar refractivity (Wildman–Crippen MR) is 77.2 cm³/mol. The average Bonchev–Trinajstić information content (AvgIpc) is 2.63. The largest absolute Gasteiger partial charge is 0.329 e. The van der Waals surface area contributed by atoms with Crippen LogP contribution in [-0.2, 0) is 12.6 Å². The van der Waals surface area contributed by atoms with Gasteiger partial charge in [0, 0.05) is 12.1 Å². The number of fused-ring (bicyclic) bond motifs is 1. The van der Waals surface area contributed by atoms with Crippen LogP contribution < -0.4 is 5.32 Å². The molecule has 0 aliphatic rings. The van der Waals surface area contributed by atoms with E-state index in [0.29, 0.717) is 0 Å². The zero-order valence-corrected chi connectivity index (χ0v) is 12.4. The van der Waals surface area contributed by atoms with E-state index in [4.69, 9.17) is 16.6 Å². The van der Waals surface area contributed by atoms with Crippen LogP contribution in [0.15, 0.2) is 12.1 Å². The fourth-order valence-electron chi connectivity index (χ4n) is 2.55. The molecule has 3 nitrogen and oxygen atoms in total. The monoisotopic (exact) mass is 265 g/mol. The second-order valence-electron chi connectivity index (χ2n) is 5.19. The van der Waals surface area contributed by atoms with E-state index < -0.39 is 0 Å². The Kier molecular flexibility index (Phi) is 3.39. The van der Waals surface area contributed by atoms with Crippen LogP contribution in [0.4, 0.5) is 0 Å². The van der Waals surface area contributed by atoms with E-state index in [1.54, 1.807) is 0 Å². The molecule has 4 heteroatoms. The van der Waals surface area contributed by atoms with Gasteiger partial charge in [-0.2, -0.15) is 0 Å². The molecule has 0 aliphatic heterocycles. The maximum Gasteiger partial charge on any atom is 0.129 e. The Hall–Kier alpha value is -1.06. The summed E-state index contributed by atoms with van der Waals surface area (Å²) in [6.45, 7) is 9.35. The van der Waals surface area contributed by atoms with Crippen molar-refractivity contribution in [3.8, 4) is 0 Å². The molecular formula is C14H20ClN3. The summed E-state index contributed by atoms with van der Waals surface area (Å²) in [6.07, 6.45) is 0. The van der Waals surface area contributed by atoms with E-state index in [-0.39, 0.29) is 5.54 Å². The number of imidazole rings is 1. The molecule has 0 saturated carbocycles. The van der Waals surface area contributed by atoms with Gasteiger partial charge in [0.15, 0.2) is 0 Å². The first kappa shape index (κ1) is 13.4. The molecule has 0 saturated heterocycles. The summed E-state index contributed by atoms with van der Waals surface area (Å²) in [5, 5.41) is 4.25. The Bertz CT molecular complexity index is 584. The van der Waals surface area contributed by atoms with Crippen molar-refractivity contribution in [3.05, 3.63) is 28.5 Å². The Labute approximate surface area is 113 Å². The minimum absolute atomic E-state index is 0.151. The molecular weight excluding hydrogens is 246 g/mol. The maximum absolute atomic E-state index is 6.19. The zero-order valence-electron chi connectivity index (χ0n) is 11.6. The first-order valence-electron chi connectivity index (χ1n) is 6.25. The van der Waals surface area contributed by atoms with Gasteiger partial charge in [-0.05, 0) is 45.0 Å². The summed E-state index contributed by atoms with van der Waals surface area (Å²) in [4.78, 5) is 4.75. The highest BCUT2D eigenvalue weighted by Crippen LogP contribution is 2.29. The third-order valence-electron chi connectivity index (χ3n) is 3.40. The van der Waals surface area contributed by atoms with Gasteiger partial charge in [0.25, 0.3) is 0 Å². The van der Waals surface area contributed by atoms with Crippen molar-refractivity contribution in [1.82, 2.24) is 14.9 Å². The van der Waals surface area contributed by atoms with Crippen molar-refractivity contribution in [3.63, 3.8) is 0 Å². The summed E-state index contributed by atoms with van der Waals surface area (Å²) in [6, 6.07) is 3.90. The van der Waals surface area contributed by atoms with Crippen molar-refractivity contribution >= 4 is 22.6 Å². The molecule has 0 fully saturated rings. The van der Waals surface area contributed by atoms with Gasteiger partial charge in [0.2, 0.25) is 0 Å². The summed E-state index contributed by atoms with van der Waals surface area (Å²) in [5.74, 6) is 1.03. The van der Waals surface area contributed by atoms with Crippen LogP contribution in [0.25, 0.3) is 11.0 Å². The lowest BCUT2D eigenvalue weighted by Gasteiger charge is -2.25. The van der Waals surface area contributed by atoms with Crippen LogP contribution in [0, 0.1) is 6.92 Å². The fraction of sp³-hybridized carbons (Fsp3) is 0.500. The number of hydrogen-bond donors (Lipinski definition) is 1. The summed E-state index contributed by atoms with van der Waals surface area (Å²) in [7, 11) is 2.05. The van der Waals surface area contributed by atoms with Crippen molar-refractivity contribution in [2.24, 2.45) is 7.05 Å². The molecule has 0 bridgehead atoms. The van der Waals surface area contributed by atoms with Crippen LogP contribution in [0.1, 0.15) is 32.2 Å². The van der Waals surface area contributed by atoms with Crippen LogP contribution in [0.3, 0.4) is 0 Å².